The van der Waals surface area contributed by atoms with Gasteiger partial charge in [-0.1, -0.05) is 23.7 Å². The number of sulfonamides is 1. The number of piperidine rings is 1. The number of urea groups is 1. The number of carbonyl (C=O) groups is 1. The van der Waals surface area contributed by atoms with Gasteiger partial charge in [0.25, 0.3) is 0 Å². The zero-order valence-corrected chi connectivity index (χ0v) is 30.4. The predicted molar refractivity (Wildman–Crippen MR) is 199 cm³/mol. The Kier molecular flexibility index (Phi) is 9.99. The van der Waals surface area contributed by atoms with E-state index >= 15 is 0 Å². The molecule has 0 saturated carbocycles. The lowest BCUT2D eigenvalue weighted by molar-refractivity contribution is 0.121. The van der Waals surface area contributed by atoms with Crippen LogP contribution >= 0.6 is 11.6 Å². The summed E-state index contributed by atoms with van der Waals surface area (Å²) in [6.45, 7) is 6.32. The van der Waals surface area contributed by atoms with Crippen LogP contribution in [0.2, 0.25) is 5.02 Å². The van der Waals surface area contributed by atoms with Crippen molar-refractivity contribution >= 4 is 45.0 Å². The Balaban J connectivity index is 1.13. The van der Waals surface area contributed by atoms with Crippen molar-refractivity contribution in [1.29, 1.82) is 5.26 Å². The second-order valence-corrected chi connectivity index (χ2v) is 16.0. The molecule has 13 heteroatoms. The highest BCUT2D eigenvalue weighted by Gasteiger charge is 2.36. The molecule has 51 heavy (non-hydrogen) atoms. The molecule has 2 aromatic carbocycles. The molecule has 2 aliphatic heterocycles. The molecule has 3 aliphatic rings. The van der Waals surface area contributed by atoms with Crippen molar-refractivity contribution in [2.75, 3.05) is 57.0 Å². The summed E-state index contributed by atoms with van der Waals surface area (Å²) in [5.41, 5.74) is 6.60. The molecular formula is C38H41ClN8O3S. The summed E-state index contributed by atoms with van der Waals surface area (Å²) in [7, 11) is -3.25. The molecule has 7 rings (SSSR count). The van der Waals surface area contributed by atoms with Crippen LogP contribution in [0.5, 0.6) is 0 Å². The van der Waals surface area contributed by atoms with Crippen LogP contribution in [0.4, 0.5) is 10.5 Å². The minimum atomic E-state index is -3.25. The maximum Gasteiger partial charge on any atom is 0.324 e. The lowest BCUT2D eigenvalue weighted by Crippen LogP contribution is -2.54. The molecule has 4 aromatic rings. The van der Waals surface area contributed by atoms with Gasteiger partial charge in [-0.2, -0.15) is 5.26 Å². The van der Waals surface area contributed by atoms with Gasteiger partial charge >= 0.3 is 6.03 Å². The molecule has 0 N–H and O–H groups in total. The number of nitrogens with zero attached hydrogens (tertiary/aromatic N) is 8. The summed E-state index contributed by atoms with van der Waals surface area (Å²) in [5, 5.41) is 10.1. The lowest BCUT2D eigenvalue weighted by Gasteiger charge is -2.42. The zero-order valence-electron chi connectivity index (χ0n) is 28.8. The van der Waals surface area contributed by atoms with Gasteiger partial charge in [0.2, 0.25) is 10.0 Å². The van der Waals surface area contributed by atoms with Crippen LogP contribution in [0.3, 0.4) is 0 Å². The number of imidazole rings is 1. The van der Waals surface area contributed by atoms with Crippen LogP contribution in [0.25, 0.3) is 11.6 Å². The number of aryl methyl sites for hydroxylation is 1. The van der Waals surface area contributed by atoms with E-state index in [1.54, 1.807) is 12.1 Å². The van der Waals surface area contributed by atoms with Gasteiger partial charge in [-0.05, 0) is 96.5 Å². The average Bonchev–Trinajstić information content (AvgIpc) is 3.49. The molecule has 1 aliphatic carbocycles. The highest BCUT2D eigenvalue weighted by molar-refractivity contribution is 7.88. The Morgan fingerprint density at radius 2 is 1.75 bits per heavy atom. The first-order chi connectivity index (χ1) is 24.6. The summed E-state index contributed by atoms with van der Waals surface area (Å²) in [6, 6.07) is 19.2. The number of pyridine rings is 1. The van der Waals surface area contributed by atoms with Crippen molar-refractivity contribution in [2.45, 2.75) is 32.4 Å². The molecule has 2 fully saturated rings. The molecule has 2 aromatic heterocycles. The standard InChI is InChI=1S/C38H41ClN8O3S/c1-27-41-14-17-45(27)26-31-22-30-4-3-13-42-36(30)37(34-10-7-32(39)23-35(31)34)43-18-20-44(21-19-43)38(48)47(33-8-5-28(24-40)6-9-33)25-29-11-15-46(16-12-29)51(2,49)50/h3-10,13-14,17,22-23,29,37H,11-12,15-16,18-21,25-26H2,1-2H3. The molecule has 0 bridgehead atoms. The summed E-state index contributed by atoms with van der Waals surface area (Å²) >= 11 is 6.63. The van der Waals surface area contributed by atoms with Crippen LogP contribution < -0.4 is 4.90 Å². The molecule has 0 spiro atoms. The normalized spacial score (nSPS) is 18.7. The number of benzene rings is 2. The van der Waals surface area contributed by atoms with Gasteiger partial charge in [-0.3, -0.25) is 14.8 Å². The van der Waals surface area contributed by atoms with E-state index in [1.165, 1.54) is 10.6 Å². The van der Waals surface area contributed by atoms with Crippen LogP contribution in [0.1, 0.15) is 52.7 Å². The maximum absolute atomic E-state index is 14.4. The SMILES string of the molecule is Cc1nccn1CC1=Cc2cccnc2C(N2CCN(C(=O)N(CC3CCN(S(C)(=O)=O)CC3)c3ccc(C#N)cc3)CC2)c2ccc(Cl)cc21. The second kappa shape index (κ2) is 14.6. The average molecular weight is 725 g/mol. The van der Waals surface area contributed by atoms with Gasteiger partial charge < -0.3 is 9.47 Å². The number of amides is 2. The fourth-order valence-electron chi connectivity index (χ4n) is 7.53. The van der Waals surface area contributed by atoms with Crippen LogP contribution in [0.15, 0.2) is 73.2 Å². The maximum atomic E-state index is 14.4. The summed E-state index contributed by atoms with van der Waals surface area (Å²) < 4.78 is 27.9. The number of halogens is 1. The number of anilines is 1. The zero-order chi connectivity index (χ0) is 35.7. The molecular weight excluding hydrogens is 684 g/mol. The fourth-order valence-corrected chi connectivity index (χ4v) is 8.57. The van der Waals surface area contributed by atoms with Crippen molar-refractivity contribution in [3.63, 3.8) is 0 Å². The molecule has 1 atom stereocenters. The van der Waals surface area contributed by atoms with Crippen molar-refractivity contribution in [1.82, 2.24) is 28.6 Å². The first-order valence-electron chi connectivity index (χ1n) is 17.3. The van der Waals surface area contributed by atoms with Gasteiger partial charge in [-0.25, -0.2) is 22.5 Å². The van der Waals surface area contributed by atoms with E-state index < -0.39 is 10.0 Å². The van der Waals surface area contributed by atoms with Gasteiger partial charge in [-0.15, -0.1) is 0 Å². The van der Waals surface area contributed by atoms with Crippen LogP contribution in [-0.2, 0) is 16.6 Å². The van der Waals surface area contributed by atoms with Gasteiger partial charge in [0.05, 0.1) is 29.6 Å². The van der Waals surface area contributed by atoms with Crippen LogP contribution in [-0.4, -0.2) is 95.2 Å². The number of allylic oxidation sites excluding steroid dienone is 1. The number of carbonyl (C=O) groups excluding carboxylic acids is 1. The van der Waals surface area contributed by atoms with E-state index in [1.807, 2.05) is 65.6 Å². The summed E-state index contributed by atoms with van der Waals surface area (Å²) in [6.07, 6.45) is 10.5. The molecule has 0 radical (unpaired) electrons. The lowest BCUT2D eigenvalue weighted by atomic mass is 9.93. The number of hydrogen-bond acceptors (Lipinski definition) is 7. The van der Waals surface area contributed by atoms with E-state index in [-0.39, 0.29) is 18.0 Å². The minimum Gasteiger partial charge on any atom is -0.331 e. The molecule has 2 saturated heterocycles. The van der Waals surface area contributed by atoms with Gasteiger partial charge in [0, 0.05) is 81.7 Å². The number of rotatable bonds is 7. The quantitative estimate of drug-likeness (QED) is 0.241. The molecule has 4 heterocycles. The Morgan fingerprint density at radius 1 is 1.00 bits per heavy atom. The van der Waals surface area contributed by atoms with Crippen LogP contribution in [0, 0.1) is 24.2 Å². The molecule has 11 nitrogen and oxygen atoms in total. The number of aromatic nitrogens is 3. The Labute approximate surface area is 304 Å². The monoisotopic (exact) mass is 724 g/mol. The van der Waals surface area contributed by atoms with Gasteiger partial charge in [0.15, 0.2) is 0 Å². The van der Waals surface area contributed by atoms with Gasteiger partial charge in [0.1, 0.15) is 5.82 Å². The van der Waals surface area contributed by atoms with E-state index in [9.17, 15) is 18.5 Å². The third-order valence-corrected chi connectivity index (χ3v) is 11.9. The Hall–Kier alpha value is -4.54. The highest BCUT2D eigenvalue weighted by Crippen LogP contribution is 2.41. The summed E-state index contributed by atoms with van der Waals surface area (Å²) in [4.78, 5) is 29.9. The smallest absolute Gasteiger partial charge is 0.324 e. The van der Waals surface area contributed by atoms with Crippen molar-refractivity contribution in [3.05, 3.63) is 112 Å². The number of piperazine rings is 1. The topological polar surface area (TPSA) is 119 Å². The van der Waals surface area contributed by atoms with E-state index in [0.29, 0.717) is 75.8 Å². The highest BCUT2D eigenvalue weighted by atomic mass is 35.5. The largest absolute Gasteiger partial charge is 0.331 e. The summed E-state index contributed by atoms with van der Waals surface area (Å²) in [5.74, 6) is 1.08. The third-order valence-electron chi connectivity index (χ3n) is 10.4. The van der Waals surface area contributed by atoms with E-state index in [0.717, 1.165) is 39.5 Å². The van der Waals surface area contributed by atoms with Crippen molar-refractivity contribution < 1.29 is 13.2 Å². The van der Waals surface area contributed by atoms with Crippen molar-refractivity contribution in [3.8, 4) is 6.07 Å². The Morgan fingerprint density at radius 3 is 2.41 bits per heavy atom. The Bertz CT molecular complexity index is 2090. The molecule has 264 valence electrons. The first-order valence-corrected chi connectivity index (χ1v) is 19.5. The fraction of sp³-hybridized carbons (Fsp3) is 0.368. The number of hydrogen-bond donors (Lipinski definition) is 0. The van der Waals surface area contributed by atoms with E-state index in [4.69, 9.17) is 16.6 Å². The molecule has 1 unspecified atom stereocenters. The molecule has 2 amide bonds. The van der Waals surface area contributed by atoms with E-state index in [2.05, 4.69) is 38.7 Å². The predicted octanol–water partition coefficient (Wildman–Crippen LogP) is 5.67. The first kappa shape index (κ1) is 34.9. The minimum absolute atomic E-state index is 0.0869. The second-order valence-electron chi connectivity index (χ2n) is 13.6. The number of nitriles is 1. The van der Waals surface area contributed by atoms with Crippen molar-refractivity contribution in [2.24, 2.45) is 5.92 Å². The number of fused-ring (bicyclic) bond motifs is 2. The third kappa shape index (κ3) is 7.44.